The molecule has 0 fully saturated rings. The Balaban J connectivity index is 2.03. The van der Waals surface area contributed by atoms with Crippen LogP contribution in [-0.2, 0) is 11.0 Å². The first-order chi connectivity index (χ1) is 13.6. The van der Waals surface area contributed by atoms with Crippen molar-refractivity contribution in [1.29, 1.82) is 0 Å². The summed E-state index contributed by atoms with van der Waals surface area (Å²) < 4.78 is 54.2. The lowest BCUT2D eigenvalue weighted by Gasteiger charge is -2.11. The molecule has 0 bridgehead atoms. The summed E-state index contributed by atoms with van der Waals surface area (Å²) in [5, 5.41) is 14.6. The number of alkyl halides is 3. The summed E-state index contributed by atoms with van der Waals surface area (Å²) >= 11 is 0. The number of hydrogen-bond acceptors (Lipinski definition) is 3. The van der Waals surface area contributed by atoms with E-state index in [9.17, 15) is 27.5 Å². The summed E-state index contributed by atoms with van der Waals surface area (Å²) in [6, 6.07) is 3.36. The molecule has 154 valence electrons. The number of benzene rings is 1. The van der Waals surface area contributed by atoms with Gasteiger partial charge in [0.15, 0.2) is 0 Å². The molecule has 2 heterocycles. The van der Waals surface area contributed by atoms with Gasteiger partial charge in [0.2, 0.25) is 0 Å². The maximum atomic E-state index is 14.6. The number of allylic oxidation sites excluding steroid dienone is 1. The van der Waals surface area contributed by atoms with Crippen LogP contribution in [0, 0.1) is 12.7 Å². The molecular formula is C20H19F4N3O2. The Morgan fingerprint density at radius 3 is 2.62 bits per heavy atom. The fraction of sp³-hybridized carbons (Fsp3) is 0.250. The van der Waals surface area contributed by atoms with Crippen LogP contribution < -0.4 is 10.6 Å². The van der Waals surface area contributed by atoms with E-state index in [-0.39, 0.29) is 40.5 Å². The molecule has 0 spiro atoms. The molecule has 0 atom stereocenters. The Hall–Kier alpha value is -3.07. The summed E-state index contributed by atoms with van der Waals surface area (Å²) in [5.41, 5.74) is -0.131. The quantitative estimate of drug-likeness (QED) is 0.428. The molecule has 0 saturated heterocycles. The third kappa shape index (κ3) is 4.19. The van der Waals surface area contributed by atoms with Crippen LogP contribution in [0.3, 0.4) is 0 Å². The zero-order chi connectivity index (χ0) is 21.3. The lowest BCUT2D eigenvalue weighted by atomic mass is 10.0. The molecule has 9 heteroatoms. The maximum Gasteiger partial charge on any atom is 0.418 e. The Bertz CT molecular complexity index is 1020. The number of aromatic amines is 1. The van der Waals surface area contributed by atoms with Crippen LogP contribution in [0.1, 0.15) is 35.9 Å². The normalized spacial score (nSPS) is 15.6. The van der Waals surface area contributed by atoms with Gasteiger partial charge in [0.1, 0.15) is 5.82 Å². The highest BCUT2D eigenvalue weighted by molar-refractivity contribution is 6.35. The highest BCUT2D eigenvalue weighted by Gasteiger charge is 2.35. The van der Waals surface area contributed by atoms with Crippen molar-refractivity contribution in [2.24, 2.45) is 0 Å². The number of aliphatic hydroxyl groups is 1. The molecule has 0 radical (unpaired) electrons. The fourth-order valence-corrected chi connectivity index (χ4v) is 3.13. The third-order valence-electron chi connectivity index (χ3n) is 4.38. The number of anilines is 2. The van der Waals surface area contributed by atoms with Crippen LogP contribution >= 0.6 is 0 Å². The number of carbonyl (C=O) groups excluding carboxylic acids is 1. The first kappa shape index (κ1) is 20.7. The van der Waals surface area contributed by atoms with E-state index < -0.39 is 23.5 Å². The van der Waals surface area contributed by atoms with Gasteiger partial charge in [-0.3, -0.25) is 4.79 Å². The minimum absolute atomic E-state index is 0.0331. The average Bonchev–Trinajstić information content (AvgIpc) is 3.15. The van der Waals surface area contributed by atoms with Crippen LogP contribution in [0.4, 0.5) is 28.9 Å². The molecule has 3 rings (SSSR count). The molecule has 5 nitrogen and oxygen atoms in total. The van der Waals surface area contributed by atoms with E-state index in [1.165, 1.54) is 13.0 Å². The van der Waals surface area contributed by atoms with E-state index in [0.29, 0.717) is 12.1 Å². The number of fused-ring (bicyclic) bond motifs is 1. The number of aliphatic hydroxyl groups excluding tert-OH is 1. The van der Waals surface area contributed by atoms with Crippen LogP contribution in [0.2, 0.25) is 0 Å². The van der Waals surface area contributed by atoms with E-state index in [0.717, 1.165) is 18.2 Å². The van der Waals surface area contributed by atoms with Crippen LogP contribution in [0.25, 0.3) is 11.6 Å². The van der Waals surface area contributed by atoms with Crippen molar-refractivity contribution in [2.45, 2.75) is 26.4 Å². The number of aryl methyl sites for hydroxylation is 1. The third-order valence-corrected chi connectivity index (χ3v) is 4.38. The summed E-state index contributed by atoms with van der Waals surface area (Å²) in [7, 11) is 0. The second-order valence-electron chi connectivity index (χ2n) is 6.59. The first-order valence-corrected chi connectivity index (χ1v) is 8.84. The van der Waals surface area contributed by atoms with Crippen molar-refractivity contribution >= 4 is 28.9 Å². The fourth-order valence-electron chi connectivity index (χ4n) is 3.13. The minimum atomic E-state index is -4.60. The number of H-pyrrole nitrogens is 1. The van der Waals surface area contributed by atoms with E-state index in [1.54, 1.807) is 6.08 Å². The van der Waals surface area contributed by atoms with E-state index in [1.807, 2.05) is 6.92 Å². The lowest BCUT2D eigenvalue weighted by Crippen LogP contribution is -2.07. The van der Waals surface area contributed by atoms with Gasteiger partial charge in [-0.25, -0.2) is 4.39 Å². The molecule has 29 heavy (non-hydrogen) atoms. The molecule has 0 aliphatic carbocycles. The van der Waals surface area contributed by atoms with Crippen molar-refractivity contribution in [1.82, 2.24) is 4.98 Å². The minimum Gasteiger partial charge on any atom is -0.390 e. The van der Waals surface area contributed by atoms with Gasteiger partial charge in [-0.05, 0) is 37.6 Å². The van der Waals surface area contributed by atoms with Crippen molar-refractivity contribution in [3.8, 4) is 0 Å². The van der Waals surface area contributed by atoms with Gasteiger partial charge in [0.25, 0.3) is 5.91 Å². The van der Waals surface area contributed by atoms with E-state index >= 15 is 0 Å². The topological polar surface area (TPSA) is 77.2 Å². The number of rotatable bonds is 5. The molecule has 0 saturated carbocycles. The molecular weight excluding hydrogens is 390 g/mol. The van der Waals surface area contributed by atoms with Crippen molar-refractivity contribution < 1.29 is 27.5 Å². The largest absolute Gasteiger partial charge is 0.418 e. The second-order valence-corrected chi connectivity index (χ2v) is 6.59. The molecule has 1 aliphatic rings. The second kappa shape index (κ2) is 7.75. The Morgan fingerprint density at radius 2 is 2.00 bits per heavy atom. The molecule has 4 N–H and O–H groups in total. The SMILES string of the molecule is CC/C=C(\CO)Nc1cc2c(cc1F)/C(=C/c1[nH]c(C)cc1C(F)(F)F)C(=O)N2. The lowest BCUT2D eigenvalue weighted by molar-refractivity contribution is -0.137. The Morgan fingerprint density at radius 1 is 1.28 bits per heavy atom. The molecule has 1 amide bonds. The number of nitrogens with one attached hydrogen (secondary N) is 3. The van der Waals surface area contributed by atoms with Crippen molar-refractivity contribution in [3.05, 3.63) is 58.3 Å². The smallest absolute Gasteiger partial charge is 0.390 e. The zero-order valence-corrected chi connectivity index (χ0v) is 15.7. The molecule has 1 aromatic heterocycles. The predicted octanol–water partition coefficient (Wildman–Crippen LogP) is 4.67. The standard InChI is InChI=1S/C20H19F4N3O2/c1-3-4-11(9-28)26-18-8-16-12(6-15(18)21)13(19(29)27-16)7-17-14(20(22,23)24)5-10(2)25-17/h4-8,25-26,28H,3,9H2,1-2H3,(H,27,29)/b11-4+,13-7-. The predicted molar refractivity (Wildman–Crippen MR) is 103 cm³/mol. The van der Waals surface area contributed by atoms with Crippen molar-refractivity contribution in [3.63, 3.8) is 0 Å². The molecule has 1 aromatic carbocycles. The number of aromatic nitrogens is 1. The van der Waals surface area contributed by atoms with Crippen LogP contribution in [0.5, 0.6) is 0 Å². The number of halogens is 4. The van der Waals surface area contributed by atoms with Crippen LogP contribution in [-0.4, -0.2) is 22.6 Å². The Labute approximate surface area is 164 Å². The van der Waals surface area contributed by atoms with Gasteiger partial charge in [-0.2, -0.15) is 13.2 Å². The molecule has 0 unspecified atom stereocenters. The summed E-state index contributed by atoms with van der Waals surface area (Å²) in [4.78, 5) is 14.9. The van der Waals surface area contributed by atoms with E-state index in [2.05, 4.69) is 15.6 Å². The molecule has 1 aliphatic heterocycles. The number of amides is 1. The van der Waals surface area contributed by atoms with Gasteiger partial charge in [-0.15, -0.1) is 0 Å². The van der Waals surface area contributed by atoms with Crippen molar-refractivity contribution in [2.75, 3.05) is 17.2 Å². The zero-order valence-electron chi connectivity index (χ0n) is 15.7. The van der Waals surface area contributed by atoms with Gasteiger partial charge in [-0.1, -0.05) is 13.0 Å². The molecule has 2 aromatic rings. The highest BCUT2D eigenvalue weighted by atomic mass is 19.4. The highest BCUT2D eigenvalue weighted by Crippen LogP contribution is 2.39. The van der Waals surface area contributed by atoms with Gasteiger partial charge >= 0.3 is 6.18 Å². The average molecular weight is 409 g/mol. The maximum absolute atomic E-state index is 14.6. The van der Waals surface area contributed by atoms with Gasteiger partial charge in [0, 0.05) is 17.0 Å². The Kier molecular flexibility index (Phi) is 5.52. The van der Waals surface area contributed by atoms with Crippen LogP contribution in [0.15, 0.2) is 30.0 Å². The first-order valence-electron chi connectivity index (χ1n) is 8.84. The summed E-state index contributed by atoms with van der Waals surface area (Å²) in [6.07, 6.45) is -1.22. The number of hydrogen-bond donors (Lipinski definition) is 4. The summed E-state index contributed by atoms with van der Waals surface area (Å²) in [5.74, 6) is -1.34. The summed E-state index contributed by atoms with van der Waals surface area (Å²) in [6.45, 7) is 3.00. The van der Waals surface area contributed by atoms with Gasteiger partial charge in [0.05, 0.1) is 34.8 Å². The van der Waals surface area contributed by atoms with Gasteiger partial charge < -0.3 is 20.7 Å². The van der Waals surface area contributed by atoms with E-state index in [4.69, 9.17) is 0 Å². The monoisotopic (exact) mass is 409 g/mol. The number of carbonyl (C=O) groups is 1.